The molecule has 1 fully saturated rings. The maximum atomic E-state index is 13.2. The van der Waals surface area contributed by atoms with E-state index in [0.717, 1.165) is 10.5 Å². The fraction of sp³-hybridized carbons (Fsp3) is 0.417. The first-order valence-electron chi connectivity index (χ1n) is 5.39. The Kier molecular flexibility index (Phi) is 3.39. The second-order valence-corrected chi connectivity index (χ2v) is 3.81. The van der Waals surface area contributed by atoms with Crippen LogP contribution in [0.25, 0.3) is 0 Å². The number of hydrogen-bond donors (Lipinski definition) is 0. The Hall–Kier alpha value is -1.58. The van der Waals surface area contributed by atoms with Crippen molar-refractivity contribution in [2.45, 2.75) is 25.7 Å². The molecular formula is C12H14FNO2. The van der Waals surface area contributed by atoms with Gasteiger partial charge in [0.25, 0.3) is 0 Å². The predicted molar refractivity (Wildman–Crippen MR) is 57.5 cm³/mol. The Morgan fingerprint density at radius 3 is 2.81 bits per heavy atom. The maximum absolute atomic E-state index is 13.2. The number of rotatable bonds is 2. The molecule has 0 radical (unpaired) electrons. The molecule has 0 bridgehead atoms. The summed E-state index contributed by atoms with van der Waals surface area (Å²) in [5.41, 5.74) is 0.908. The number of amides is 1. The molecule has 1 amide bonds. The number of benzene rings is 1. The zero-order valence-electron chi connectivity index (χ0n) is 8.93. The van der Waals surface area contributed by atoms with Gasteiger partial charge in [-0.2, -0.15) is 0 Å². The van der Waals surface area contributed by atoms with Crippen LogP contribution in [0.3, 0.4) is 0 Å². The summed E-state index contributed by atoms with van der Waals surface area (Å²) in [7, 11) is 0. The highest BCUT2D eigenvalue weighted by molar-refractivity contribution is 5.68. The van der Waals surface area contributed by atoms with Gasteiger partial charge in [-0.25, -0.2) is 9.18 Å². The highest BCUT2D eigenvalue weighted by atomic mass is 19.1. The van der Waals surface area contributed by atoms with E-state index >= 15 is 0 Å². The molecule has 0 N–H and O–H groups in total. The van der Waals surface area contributed by atoms with E-state index in [4.69, 9.17) is 4.74 Å². The summed E-state index contributed by atoms with van der Waals surface area (Å²) in [6.45, 7) is 0.650. The topological polar surface area (TPSA) is 29.5 Å². The fourth-order valence-corrected chi connectivity index (χ4v) is 1.73. The van der Waals surface area contributed by atoms with Crippen LogP contribution in [0.1, 0.15) is 18.4 Å². The summed E-state index contributed by atoms with van der Waals surface area (Å²) in [4.78, 5) is 12.6. The quantitative estimate of drug-likeness (QED) is 0.721. The molecule has 0 spiro atoms. The van der Waals surface area contributed by atoms with Crippen molar-refractivity contribution >= 4 is 6.09 Å². The molecule has 4 heteroatoms. The lowest BCUT2D eigenvalue weighted by atomic mass is 10.2. The molecule has 1 aromatic carbocycles. The number of hydrogen-bond acceptors (Lipinski definition) is 2. The summed E-state index contributed by atoms with van der Waals surface area (Å²) in [6, 6.07) is 9.37. The lowest BCUT2D eigenvalue weighted by molar-refractivity contribution is 0.0641. The largest absolute Gasteiger partial charge is 0.444 e. The van der Waals surface area contributed by atoms with Crippen molar-refractivity contribution in [3.63, 3.8) is 0 Å². The minimum atomic E-state index is -1.18. The molecule has 1 heterocycles. The van der Waals surface area contributed by atoms with Gasteiger partial charge < -0.3 is 4.74 Å². The molecule has 0 aromatic heterocycles. The van der Waals surface area contributed by atoms with Gasteiger partial charge in [-0.1, -0.05) is 30.3 Å². The second kappa shape index (κ2) is 4.96. The van der Waals surface area contributed by atoms with Crippen LogP contribution in [0.2, 0.25) is 0 Å². The summed E-state index contributed by atoms with van der Waals surface area (Å²) in [5, 5.41) is 0. The monoisotopic (exact) mass is 223 g/mol. The average Bonchev–Trinajstić information content (AvgIpc) is 2.74. The summed E-state index contributed by atoms with van der Waals surface area (Å²) < 4.78 is 18.2. The molecule has 86 valence electrons. The van der Waals surface area contributed by atoms with Gasteiger partial charge in [-0.05, 0) is 18.4 Å². The zero-order valence-corrected chi connectivity index (χ0v) is 8.93. The van der Waals surface area contributed by atoms with Crippen LogP contribution in [-0.4, -0.2) is 23.8 Å². The van der Waals surface area contributed by atoms with Crippen molar-refractivity contribution in [1.29, 1.82) is 0 Å². The predicted octanol–water partition coefficient (Wildman–Crippen LogP) is 2.71. The van der Waals surface area contributed by atoms with Gasteiger partial charge in [0.1, 0.15) is 6.61 Å². The molecule has 1 aliphatic heterocycles. The summed E-state index contributed by atoms with van der Waals surface area (Å²) in [6.07, 6.45) is -0.612. The third kappa shape index (κ3) is 2.51. The van der Waals surface area contributed by atoms with Crippen LogP contribution in [0, 0.1) is 0 Å². The van der Waals surface area contributed by atoms with E-state index in [2.05, 4.69) is 0 Å². The molecule has 0 aliphatic carbocycles. The van der Waals surface area contributed by atoms with Crippen molar-refractivity contribution in [3.05, 3.63) is 35.9 Å². The van der Waals surface area contributed by atoms with Crippen LogP contribution >= 0.6 is 0 Å². The third-order valence-corrected chi connectivity index (χ3v) is 2.62. The Bertz CT molecular complexity index is 355. The molecule has 0 unspecified atom stereocenters. The molecular weight excluding hydrogens is 209 g/mol. The molecule has 0 saturated carbocycles. The van der Waals surface area contributed by atoms with Gasteiger partial charge in [0.05, 0.1) is 0 Å². The Morgan fingerprint density at radius 2 is 2.19 bits per heavy atom. The third-order valence-electron chi connectivity index (χ3n) is 2.62. The normalized spacial score (nSPS) is 19.8. The van der Waals surface area contributed by atoms with E-state index in [1.165, 1.54) is 0 Å². The Labute approximate surface area is 93.8 Å². The van der Waals surface area contributed by atoms with Crippen molar-refractivity contribution in [2.24, 2.45) is 0 Å². The maximum Gasteiger partial charge on any atom is 0.412 e. The lowest BCUT2D eigenvalue weighted by Gasteiger charge is -2.17. The van der Waals surface area contributed by atoms with Gasteiger partial charge in [-0.15, -0.1) is 0 Å². The van der Waals surface area contributed by atoms with Crippen LogP contribution in [-0.2, 0) is 11.3 Å². The number of halogens is 1. The van der Waals surface area contributed by atoms with E-state index in [0.29, 0.717) is 19.4 Å². The average molecular weight is 223 g/mol. The second-order valence-electron chi connectivity index (χ2n) is 3.81. The van der Waals surface area contributed by atoms with Crippen molar-refractivity contribution in [2.75, 3.05) is 6.54 Å². The SMILES string of the molecule is O=C(OCc1ccccc1)N1CCC[C@@H]1F. The zero-order chi connectivity index (χ0) is 11.4. The molecule has 3 nitrogen and oxygen atoms in total. The minimum Gasteiger partial charge on any atom is -0.444 e. The molecule has 1 aliphatic rings. The number of likely N-dealkylation sites (tertiary alicyclic amines) is 1. The molecule has 1 atom stereocenters. The first-order chi connectivity index (χ1) is 7.77. The summed E-state index contributed by atoms with van der Waals surface area (Å²) >= 11 is 0. The standard InChI is InChI=1S/C12H14FNO2/c13-11-7-4-8-14(11)12(15)16-9-10-5-2-1-3-6-10/h1-3,5-6,11H,4,7-9H2/t11-/m1/s1. The van der Waals surface area contributed by atoms with Gasteiger partial charge in [0.15, 0.2) is 6.30 Å². The molecule has 1 aromatic rings. The van der Waals surface area contributed by atoms with Crippen LogP contribution < -0.4 is 0 Å². The van der Waals surface area contributed by atoms with Crippen LogP contribution in [0.15, 0.2) is 30.3 Å². The first-order valence-corrected chi connectivity index (χ1v) is 5.39. The molecule has 1 saturated heterocycles. The van der Waals surface area contributed by atoms with Crippen molar-refractivity contribution in [1.82, 2.24) is 4.90 Å². The highest BCUT2D eigenvalue weighted by Gasteiger charge is 2.29. The van der Waals surface area contributed by atoms with E-state index in [9.17, 15) is 9.18 Å². The van der Waals surface area contributed by atoms with Gasteiger partial charge >= 0.3 is 6.09 Å². The van der Waals surface area contributed by atoms with E-state index in [-0.39, 0.29) is 6.61 Å². The number of alkyl halides is 1. The van der Waals surface area contributed by atoms with Gasteiger partial charge in [0, 0.05) is 6.54 Å². The van der Waals surface area contributed by atoms with Gasteiger partial charge in [0.2, 0.25) is 0 Å². The summed E-state index contributed by atoms with van der Waals surface area (Å²) in [5.74, 6) is 0. The number of carbonyl (C=O) groups is 1. The van der Waals surface area contributed by atoms with Crippen molar-refractivity contribution < 1.29 is 13.9 Å². The smallest absolute Gasteiger partial charge is 0.412 e. The van der Waals surface area contributed by atoms with E-state index in [1.807, 2.05) is 30.3 Å². The molecule has 2 rings (SSSR count). The van der Waals surface area contributed by atoms with Crippen molar-refractivity contribution in [3.8, 4) is 0 Å². The fourth-order valence-electron chi connectivity index (χ4n) is 1.73. The van der Waals surface area contributed by atoms with Gasteiger partial charge in [-0.3, -0.25) is 4.90 Å². The van der Waals surface area contributed by atoms with E-state index < -0.39 is 12.4 Å². The highest BCUT2D eigenvalue weighted by Crippen LogP contribution is 2.19. The lowest BCUT2D eigenvalue weighted by Crippen LogP contribution is -2.33. The Morgan fingerprint density at radius 1 is 1.44 bits per heavy atom. The first kappa shape index (κ1) is 10.9. The van der Waals surface area contributed by atoms with E-state index in [1.54, 1.807) is 0 Å². The van der Waals surface area contributed by atoms with Crippen LogP contribution in [0.4, 0.5) is 9.18 Å². The minimum absolute atomic E-state index is 0.197. The number of carbonyl (C=O) groups excluding carboxylic acids is 1. The Balaban J connectivity index is 1.84. The number of nitrogens with zero attached hydrogens (tertiary/aromatic N) is 1. The number of ether oxygens (including phenoxy) is 1. The molecule has 16 heavy (non-hydrogen) atoms. The van der Waals surface area contributed by atoms with Crippen LogP contribution in [0.5, 0.6) is 0 Å².